The second-order valence-corrected chi connectivity index (χ2v) is 7.02. The van der Waals surface area contributed by atoms with Crippen molar-refractivity contribution in [1.29, 1.82) is 0 Å². The highest BCUT2D eigenvalue weighted by atomic mass is 16.5. The summed E-state index contributed by atoms with van der Waals surface area (Å²) < 4.78 is 17.0. The zero-order chi connectivity index (χ0) is 22.0. The van der Waals surface area contributed by atoms with Crippen LogP contribution in [-0.2, 0) is 0 Å². The predicted molar refractivity (Wildman–Crippen MR) is 120 cm³/mol. The van der Waals surface area contributed by atoms with E-state index in [9.17, 15) is 9.90 Å². The number of carbonyl (C=O) groups excluding carboxylic acids is 1. The number of rotatable bonds is 6. The molecule has 0 aliphatic heterocycles. The van der Waals surface area contributed by atoms with Gasteiger partial charge >= 0.3 is 0 Å². The Morgan fingerprint density at radius 3 is 2.27 bits per heavy atom. The van der Waals surface area contributed by atoms with Crippen LogP contribution in [0.3, 0.4) is 0 Å². The molecule has 0 unspecified atom stereocenters. The van der Waals surface area contributed by atoms with Gasteiger partial charge in [-0.3, -0.25) is 4.79 Å². The molecule has 0 saturated carbocycles. The lowest BCUT2D eigenvalue weighted by molar-refractivity contribution is 0.104. The summed E-state index contributed by atoms with van der Waals surface area (Å²) in [4.78, 5) is 12.9. The third kappa shape index (κ3) is 3.36. The Kier molecular flexibility index (Phi) is 6.01. The van der Waals surface area contributed by atoms with E-state index in [2.05, 4.69) is 0 Å². The van der Waals surface area contributed by atoms with E-state index in [1.165, 1.54) is 13.2 Å². The fourth-order valence-electron chi connectivity index (χ4n) is 3.73. The van der Waals surface area contributed by atoms with Crippen molar-refractivity contribution in [2.75, 3.05) is 21.3 Å². The van der Waals surface area contributed by atoms with Gasteiger partial charge in [0, 0.05) is 10.8 Å². The van der Waals surface area contributed by atoms with Crippen LogP contribution >= 0.6 is 0 Å². The van der Waals surface area contributed by atoms with E-state index in [0.717, 1.165) is 11.0 Å². The number of fused-ring (bicyclic) bond motifs is 2. The van der Waals surface area contributed by atoms with Crippen LogP contribution in [0.15, 0.2) is 48.1 Å². The highest BCUT2D eigenvalue weighted by Crippen LogP contribution is 2.50. The van der Waals surface area contributed by atoms with Crippen molar-refractivity contribution in [3.63, 3.8) is 0 Å². The summed E-state index contributed by atoms with van der Waals surface area (Å²) in [5.74, 6) is 1.17. The van der Waals surface area contributed by atoms with Gasteiger partial charge in [0.05, 0.1) is 37.7 Å². The summed E-state index contributed by atoms with van der Waals surface area (Å²) in [6.45, 7) is 5.60. The third-order valence-corrected chi connectivity index (χ3v) is 5.30. The van der Waals surface area contributed by atoms with Crippen molar-refractivity contribution < 1.29 is 24.1 Å². The number of aromatic hydroxyl groups is 1. The maximum atomic E-state index is 12.9. The number of phenols is 1. The average Bonchev–Trinajstić information content (AvgIpc) is 2.75. The quantitative estimate of drug-likeness (QED) is 0.245. The predicted octanol–water partition coefficient (Wildman–Crippen LogP) is 5.74. The molecule has 0 heterocycles. The molecule has 0 aromatic heterocycles. The fourth-order valence-corrected chi connectivity index (χ4v) is 3.73. The molecule has 3 rings (SSSR count). The largest absolute Gasteiger partial charge is 0.506 e. The second-order valence-electron chi connectivity index (χ2n) is 7.02. The number of hydrogen-bond acceptors (Lipinski definition) is 5. The van der Waals surface area contributed by atoms with Crippen LogP contribution in [-0.4, -0.2) is 32.2 Å². The van der Waals surface area contributed by atoms with Crippen molar-refractivity contribution in [2.24, 2.45) is 0 Å². The highest BCUT2D eigenvalue weighted by molar-refractivity contribution is 6.19. The molecule has 0 aliphatic rings. The normalized spacial score (nSPS) is 12.0. The number of hydrogen-bond donors (Lipinski definition) is 1. The number of allylic oxidation sites excluding steroid dienone is 4. The van der Waals surface area contributed by atoms with Gasteiger partial charge in [0.1, 0.15) is 23.0 Å². The third-order valence-electron chi connectivity index (χ3n) is 5.30. The SMILES string of the molecule is C/C=C(C)/C=C/C(=O)c1c(C)cc2c(OC)c3cccc(OC)c3c(OC)c2c1O. The van der Waals surface area contributed by atoms with Crippen LogP contribution in [0.1, 0.15) is 29.8 Å². The highest BCUT2D eigenvalue weighted by Gasteiger charge is 2.25. The van der Waals surface area contributed by atoms with Gasteiger partial charge in [-0.05, 0) is 44.5 Å². The molecule has 0 fully saturated rings. The molecule has 0 spiro atoms. The lowest BCUT2D eigenvalue weighted by atomic mass is 9.92. The zero-order valence-corrected chi connectivity index (χ0v) is 18.1. The van der Waals surface area contributed by atoms with E-state index in [-0.39, 0.29) is 17.1 Å². The number of benzene rings is 3. The Labute approximate surface area is 176 Å². The van der Waals surface area contributed by atoms with Gasteiger partial charge in [-0.15, -0.1) is 0 Å². The number of aryl methyl sites for hydroxylation is 1. The standard InChI is InChI=1S/C25H26O5/c1-7-14(2)11-12-18(26)20-15(3)13-17-22(23(20)27)25(30-6)21-16(24(17)29-5)9-8-10-19(21)28-4/h7-13,27H,1-6H3/b12-11+,14-7+. The lowest BCUT2D eigenvalue weighted by Gasteiger charge is -2.19. The fraction of sp³-hybridized carbons (Fsp3) is 0.240. The van der Waals surface area contributed by atoms with Crippen LogP contribution in [0, 0.1) is 6.92 Å². The number of phenolic OH excluding ortho intramolecular Hbond substituents is 1. The molecule has 30 heavy (non-hydrogen) atoms. The molecule has 0 saturated heterocycles. The molecule has 0 bridgehead atoms. The molecule has 5 nitrogen and oxygen atoms in total. The molecule has 3 aromatic carbocycles. The number of methoxy groups -OCH3 is 3. The first-order chi connectivity index (χ1) is 14.4. The Balaban J connectivity index is 2.47. The molecule has 0 atom stereocenters. The second kappa shape index (κ2) is 8.49. The first kappa shape index (κ1) is 21.2. The summed E-state index contributed by atoms with van der Waals surface area (Å²) in [6, 6.07) is 7.44. The minimum Gasteiger partial charge on any atom is -0.506 e. The van der Waals surface area contributed by atoms with Crippen LogP contribution in [0.25, 0.3) is 21.5 Å². The molecule has 0 aliphatic carbocycles. The van der Waals surface area contributed by atoms with Gasteiger partial charge < -0.3 is 19.3 Å². The Hall–Kier alpha value is -3.47. The van der Waals surface area contributed by atoms with Gasteiger partial charge in [0.15, 0.2) is 5.78 Å². The lowest BCUT2D eigenvalue weighted by Crippen LogP contribution is -2.02. The summed E-state index contributed by atoms with van der Waals surface area (Å²) in [6.07, 6.45) is 5.10. The first-order valence-electron chi connectivity index (χ1n) is 9.61. The number of ether oxygens (including phenoxy) is 3. The van der Waals surface area contributed by atoms with Gasteiger partial charge in [-0.2, -0.15) is 0 Å². The molecule has 156 valence electrons. The van der Waals surface area contributed by atoms with Crippen molar-refractivity contribution in [3.8, 4) is 23.0 Å². The monoisotopic (exact) mass is 406 g/mol. The Bertz CT molecular complexity index is 1200. The molecule has 1 N–H and O–H groups in total. The van der Waals surface area contributed by atoms with Crippen LogP contribution in [0.4, 0.5) is 0 Å². The van der Waals surface area contributed by atoms with E-state index < -0.39 is 0 Å². The maximum absolute atomic E-state index is 12.9. The van der Waals surface area contributed by atoms with Gasteiger partial charge in [0.2, 0.25) is 0 Å². The van der Waals surface area contributed by atoms with E-state index in [1.54, 1.807) is 27.2 Å². The van der Waals surface area contributed by atoms with Crippen LogP contribution < -0.4 is 14.2 Å². The summed E-state index contributed by atoms with van der Waals surface area (Å²) >= 11 is 0. The Morgan fingerprint density at radius 1 is 0.967 bits per heavy atom. The van der Waals surface area contributed by atoms with Gasteiger partial charge in [0.25, 0.3) is 0 Å². The summed E-state index contributed by atoms with van der Waals surface area (Å²) in [5.41, 5.74) is 1.84. The zero-order valence-electron chi connectivity index (χ0n) is 18.1. The number of ketones is 1. The van der Waals surface area contributed by atoms with Crippen LogP contribution in [0.5, 0.6) is 23.0 Å². The maximum Gasteiger partial charge on any atom is 0.189 e. The van der Waals surface area contributed by atoms with Gasteiger partial charge in [-0.1, -0.05) is 29.9 Å². The molecule has 3 aromatic rings. The van der Waals surface area contributed by atoms with E-state index in [1.807, 2.05) is 44.2 Å². The minimum absolute atomic E-state index is 0.138. The minimum atomic E-state index is -0.283. The molecule has 0 amide bonds. The van der Waals surface area contributed by atoms with Crippen molar-refractivity contribution >= 4 is 27.3 Å². The van der Waals surface area contributed by atoms with Crippen molar-refractivity contribution in [3.05, 3.63) is 59.2 Å². The topological polar surface area (TPSA) is 65.0 Å². The number of carbonyl (C=O) groups is 1. The van der Waals surface area contributed by atoms with E-state index in [4.69, 9.17) is 14.2 Å². The van der Waals surface area contributed by atoms with Crippen molar-refractivity contribution in [2.45, 2.75) is 20.8 Å². The summed E-state index contributed by atoms with van der Waals surface area (Å²) in [5, 5.41) is 13.8. The smallest absolute Gasteiger partial charge is 0.189 e. The summed E-state index contributed by atoms with van der Waals surface area (Å²) in [7, 11) is 4.68. The van der Waals surface area contributed by atoms with E-state index in [0.29, 0.717) is 39.0 Å². The molecular weight excluding hydrogens is 380 g/mol. The van der Waals surface area contributed by atoms with Gasteiger partial charge in [-0.25, -0.2) is 0 Å². The first-order valence-corrected chi connectivity index (χ1v) is 9.61. The molecular formula is C25H26O5. The van der Waals surface area contributed by atoms with E-state index >= 15 is 0 Å². The molecule has 0 radical (unpaired) electrons. The average molecular weight is 406 g/mol. The van der Waals surface area contributed by atoms with Crippen molar-refractivity contribution in [1.82, 2.24) is 0 Å². The molecule has 5 heteroatoms. The Morgan fingerprint density at radius 2 is 1.67 bits per heavy atom. The van der Waals surface area contributed by atoms with Crippen LogP contribution in [0.2, 0.25) is 0 Å².